The lowest BCUT2D eigenvalue weighted by atomic mass is 9.93. The zero-order valence-corrected chi connectivity index (χ0v) is 20.7. The molecule has 1 aromatic carbocycles. The van der Waals surface area contributed by atoms with Gasteiger partial charge in [0.15, 0.2) is 5.96 Å². The van der Waals surface area contributed by atoms with Crippen LogP contribution in [0, 0.1) is 5.92 Å². The number of amides is 1. The molecule has 0 saturated carbocycles. The Morgan fingerprint density at radius 2 is 2.13 bits per heavy atom. The second-order valence-electron chi connectivity index (χ2n) is 8.43. The normalized spacial score (nSPS) is 21.9. The van der Waals surface area contributed by atoms with Crippen molar-refractivity contribution in [2.45, 2.75) is 45.3 Å². The van der Waals surface area contributed by atoms with Crippen molar-refractivity contribution < 1.29 is 4.79 Å². The fraction of sp³-hybridized carbons (Fsp3) is 0.522. The maximum atomic E-state index is 11.9. The van der Waals surface area contributed by atoms with E-state index >= 15 is 0 Å². The summed E-state index contributed by atoms with van der Waals surface area (Å²) in [5, 5.41) is 3.54. The zero-order chi connectivity index (χ0) is 20.9. The topological polar surface area (TPSA) is 65.8 Å². The Bertz CT molecular complexity index is 884. The third-order valence-electron chi connectivity index (χ3n) is 6.32. The van der Waals surface area contributed by atoms with Gasteiger partial charge >= 0.3 is 0 Å². The molecule has 2 saturated heterocycles. The number of nitrogens with zero attached hydrogens (tertiary/aromatic N) is 5. The quantitative estimate of drug-likeness (QED) is 0.362. The molecule has 1 amide bonds. The van der Waals surface area contributed by atoms with Gasteiger partial charge in [0.05, 0.1) is 12.4 Å². The van der Waals surface area contributed by atoms with Gasteiger partial charge in [-0.1, -0.05) is 31.2 Å². The van der Waals surface area contributed by atoms with E-state index in [1.165, 1.54) is 11.1 Å². The van der Waals surface area contributed by atoms with E-state index in [4.69, 9.17) is 0 Å². The fourth-order valence-electron chi connectivity index (χ4n) is 4.54. The van der Waals surface area contributed by atoms with Crippen molar-refractivity contribution in [1.82, 2.24) is 24.7 Å². The average Bonchev–Trinajstić information content (AvgIpc) is 3.42. The summed E-state index contributed by atoms with van der Waals surface area (Å²) in [7, 11) is 1.85. The number of hydrogen-bond donors (Lipinski definition) is 1. The Balaban J connectivity index is 0.00000272. The molecular weight excluding hydrogens is 503 g/mol. The third-order valence-corrected chi connectivity index (χ3v) is 6.32. The molecule has 0 spiro atoms. The van der Waals surface area contributed by atoms with Gasteiger partial charge in [-0.25, -0.2) is 4.98 Å². The number of guanidine groups is 1. The van der Waals surface area contributed by atoms with Gasteiger partial charge < -0.3 is 19.7 Å². The van der Waals surface area contributed by atoms with Crippen LogP contribution >= 0.6 is 24.0 Å². The van der Waals surface area contributed by atoms with Crippen LogP contribution < -0.4 is 5.32 Å². The summed E-state index contributed by atoms with van der Waals surface area (Å²) in [6, 6.07) is 8.90. The lowest BCUT2D eigenvalue weighted by molar-refractivity contribution is -0.128. The molecule has 1 N–H and O–H groups in total. The van der Waals surface area contributed by atoms with Crippen molar-refractivity contribution in [3.8, 4) is 0 Å². The molecule has 2 unspecified atom stereocenters. The van der Waals surface area contributed by atoms with Crippen LogP contribution in [0.1, 0.15) is 43.4 Å². The van der Waals surface area contributed by atoms with E-state index in [0.717, 1.165) is 45.0 Å². The van der Waals surface area contributed by atoms with E-state index in [1.807, 2.05) is 24.5 Å². The molecule has 2 aliphatic rings. The highest BCUT2D eigenvalue weighted by Crippen LogP contribution is 2.27. The zero-order valence-electron chi connectivity index (χ0n) is 18.4. The number of nitrogens with one attached hydrogen (secondary N) is 1. The van der Waals surface area contributed by atoms with Crippen molar-refractivity contribution in [3.05, 3.63) is 54.1 Å². The molecule has 4 rings (SSSR count). The van der Waals surface area contributed by atoms with Gasteiger partial charge in [-0.15, -0.1) is 24.0 Å². The molecule has 2 fully saturated rings. The maximum absolute atomic E-state index is 11.9. The SMILES string of the molecule is CN=C(NCc1cccc(CN2CCCC2=O)c1)N1CCC(C)C(n2ccnc2)C1.I. The highest BCUT2D eigenvalue weighted by molar-refractivity contribution is 14.0. The highest BCUT2D eigenvalue weighted by atomic mass is 127. The highest BCUT2D eigenvalue weighted by Gasteiger charge is 2.28. The predicted molar refractivity (Wildman–Crippen MR) is 133 cm³/mol. The second-order valence-corrected chi connectivity index (χ2v) is 8.43. The molecule has 0 radical (unpaired) electrons. The number of piperidine rings is 1. The minimum absolute atomic E-state index is 0. The Labute approximate surface area is 201 Å². The van der Waals surface area contributed by atoms with Crippen LogP contribution in [0.2, 0.25) is 0 Å². The minimum atomic E-state index is 0. The number of aromatic nitrogens is 2. The van der Waals surface area contributed by atoms with Gasteiger partial charge in [0.25, 0.3) is 0 Å². The van der Waals surface area contributed by atoms with Crippen LogP contribution in [0.4, 0.5) is 0 Å². The van der Waals surface area contributed by atoms with Crippen molar-refractivity contribution in [2.24, 2.45) is 10.9 Å². The fourth-order valence-corrected chi connectivity index (χ4v) is 4.54. The number of aliphatic imine (C=N–C) groups is 1. The molecular formula is C23H33IN6O. The molecule has 1 aromatic heterocycles. The predicted octanol–water partition coefficient (Wildman–Crippen LogP) is 3.28. The Hall–Kier alpha value is -2.10. The molecule has 3 heterocycles. The number of imidazole rings is 1. The molecule has 31 heavy (non-hydrogen) atoms. The number of rotatable bonds is 5. The lowest BCUT2D eigenvalue weighted by Crippen LogP contribution is -2.48. The van der Waals surface area contributed by atoms with Crippen LogP contribution in [-0.2, 0) is 17.9 Å². The van der Waals surface area contributed by atoms with Gasteiger partial charge in [0, 0.05) is 58.6 Å². The van der Waals surface area contributed by atoms with E-state index in [2.05, 4.69) is 62.1 Å². The van der Waals surface area contributed by atoms with Crippen LogP contribution in [0.25, 0.3) is 0 Å². The molecule has 8 heteroatoms. The maximum Gasteiger partial charge on any atom is 0.222 e. The first-order valence-corrected chi connectivity index (χ1v) is 10.9. The van der Waals surface area contributed by atoms with E-state index in [1.54, 1.807) is 0 Å². The number of carbonyl (C=O) groups excluding carboxylic acids is 1. The number of benzene rings is 1. The number of hydrogen-bond acceptors (Lipinski definition) is 3. The molecule has 0 aliphatic carbocycles. The molecule has 2 aromatic rings. The van der Waals surface area contributed by atoms with Crippen molar-refractivity contribution in [2.75, 3.05) is 26.7 Å². The van der Waals surface area contributed by atoms with E-state index in [-0.39, 0.29) is 29.9 Å². The number of carbonyl (C=O) groups is 1. The van der Waals surface area contributed by atoms with Crippen LogP contribution in [0.5, 0.6) is 0 Å². The van der Waals surface area contributed by atoms with E-state index < -0.39 is 0 Å². The summed E-state index contributed by atoms with van der Waals surface area (Å²) in [6.45, 7) is 6.54. The summed E-state index contributed by atoms with van der Waals surface area (Å²) in [4.78, 5) is 25.0. The van der Waals surface area contributed by atoms with Crippen LogP contribution in [0.15, 0.2) is 48.0 Å². The van der Waals surface area contributed by atoms with Crippen LogP contribution in [0.3, 0.4) is 0 Å². The van der Waals surface area contributed by atoms with Crippen molar-refractivity contribution in [1.29, 1.82) is 0 Å². The largest absolute Gasteiger partial charge is 0.352 e. The van der Waals surface area contributed by atoms with Gasteiger partial charge in [-0.3, -0.25) is 9.79 Å². The van der Waals surface area contributed by atoms with Crippen LogP contribution in [-0.4, -0.2) is 57.9 Å². The van der Waals surface area contributed by atoms with Crippen molar-refractivity contribution in [3.63, 3.8) is 0 Å². The first-order valence-electron chi connectivity index (χ1n) is 10.9. The number of likely N-dealkylation sites (tertiary alicyclic amines) is 2. The summed E-state index contributed by atoms with van der Waals surface area (Å²) < 4.78 is 2.22. The summed E-state index contributed by atoms with van der Waals surface area (Å²) in [5.41, 5.74) is 2.39. The van der Waals surface area contributed by atoms with E-state index in [0.29, 0.717) is 24.9 Å². The summed E-state index contributed by atoms with van der Waals surface area (Å²) in [5.74, 6) is 1.82. The third kappa shape index (κ3) is 5.78. The first kappa shape index (κ1) is 23.6. The lowest BCUT2D eigenvalue weighted by Gasteiger charge is -2.39. The first-order chi connectivity index (χ1) is 14.6. The summed E-state index contributed by atoms with van der Waals surface area (Å²) >= 11 is 0. The Morgan fingerprint density at radius 3 is 2.84 bits per heavy atom. The Kier molecular flexibility index (Phi) is 8.34. The van der Waals surface area contributed by atoms with Crippen molar-refractivity contribution >= 4 is 35.8 Å². The Morgan fingerprint density at radius 1 is 1.29 bits per heavy atom. The monoisotopic (exact) mass is 536 g/mol. The molecule has 168 valence electrons. The van der Waals surface area contributed by atoms with Gasteiger partial charge in [-0.05, 0) is 29.9 Å². The molecule has 2 atom stereocenters. The molecule has 2 aliphatic heterocycles. The van der Waals surface area contributed by atoms with Gasteiger partial charge in [0.2, 0.25) is 5.91 Å². The smallest absolute Gasteiger partial charge is 0.222 e. The minimum Gasteiger partial charge on any atom is -0.352 e. The van der Waals surface area contributed by atoms with Gasteiger partial charge in [-0.2, -0.15) is 0 Å². The van der Waals surface area contributed by atoms with Gasteiger partial charge in [0.1, 0.15) is 0 Å². The van der Waals surface area contributed by atoms with E-state index in [9.17, 15) is 4.79 Å². The average molecular weight is 536 g/mol. The summed E-state index contributed by atoms with van der Waals surface area (Å²) in [6.07, 6.45) is 8.61. The second kappa shape index (κ2) is 11.0. The standard InChI is InChI=1S/C23H32N6O.HI/c1-18-8-11-28(16-21(18)29-12-9-25-17-29)23(24-2)26-14-19-5-3-6-20(13-19)15-27-10-4-7-22(27)30;/h3,5-6,9,12-13,17-18,21H,4,7-8,10-11,14-16H2,1-2H3,(H,24,26);1H. The number of halogens is 1. The molecule has 7 nitrogen and oxygen atoms in total. The molecule has 0 bridgehead atoms.